The normalized spacial score (nSPS) is 13.8. The molecule has 106 valence electrons. The van der Waals surface area contributed by atoms with Gasteiger partial charge >= 0.3 is 0 Å². The third-order valence-corrected chi connectivity index (χ3v) is 3.33. The fraction of sp³-hybridized carbons (Fsp3) is 0.333. The second kappa shape index (κ2) is 6.34. The molecule has 0 aliphatic heterocycles. The van der Waals surface area contributed by atoms with Crippen LogP contribution in [0, 0.1) is 0 Å². The summed E-state index contributed by atoms with van der Waals surface area (Å²) >= 11 is 0. The van der Waals surface area contributed by atoms with Crippen molar-refractivity contribution in [1.29, 1.82) is 0 Å². The number of rotatable bonds is 5. The molecule has 1 heterocycles. The zero-order valence-corrected chi connectivity index (χ0v) is 11.9. The summed E-state index contributed by atoms with van der Waals surface area (Å²) in [6.07, 6.45) is 3.55. The summed E-state index contributed by atoms with van der Waals surface area (Å²) in [4.78, 5) is 12.1. The number of carbonyl (C=O) groups excluding carboxylic acids is 1. The largest absolute Gasteiger partial charge is 0.380 e. The molecule has 1 aromatic carbocycles. The monoisotopic (exact) mass is 273 g/mol. The van der Waals surface area contributed by atoms with Gasteiger partial charge in [-0.3, -0.25) is 4.79 Å². The molecule has 20 heavy (non-hydrogen) atoms. The third-order valence-electron chi connectivity index (χ3n) is 3.33. The van der Waals surface area contributed by atoms with Crippen LogP contribution in [0.4, 0.5) is 0 Å². The van der Waals surface area contributed by atoms with Crippen LogP contribution in [0.25, 0.3) is 5.69 Å². The molecule has 5 heteroatoms. The van der Waals surface area contributed by atoms with Crippen molar-refractivity contribution in [1.82, 2.24) is 15.1 Å². The number of hydrogen-bond donors (Lipinski definition) is 1. The SMILES string of the molecule is COC(C)[C@H](C)NC(=O)c1ccc(-n2cccn2)cc1. The van der Waals surface area contributed by atoms with Gasteiger partial charge in [0.2, 0.25) is 0 Å². The zero-order valence-electron chi connectivity index (χ0n) is 11.9. The van der Waals surface area contributed by atoms with Gasteiger partial charge in [-0.25, -0.2) is 4.68 Å². The van der Waals surface area contributed by atoms with Crippen molar-refractivity contribution in [2.75, 3.05) is 7.11 Å². The van der Waals surface area contributed by atoms with Crippen molar-refractivity contribution in [3.63, 3.8) is 0 Å². The highest BCUT2D eigenvalue weighted by Gasteiger charge is 2.15. The smallest absolute Gasteiger partial charge is 0.251 e. The van der Waals surface area contributed by atoms with E-state index in [9.17, 15) is 4.79 Å². The minimum absolute atomic E-state index is 0.0257. The van der Waals surface area contributed by atoms with E-state index in [4.69, 9.17) is 4.74 Å². The Bertz CT molecular complexity index is 549. The maximum atomic E-state index is 12.1. The van der Waals surface area contributed by atoms with Gasteiger partial charge < -0.3 is 10.1 Å². The van der Waals surface area contributed by atoms with Crippen LogP contribution in [0.1, 0.15) is 24.2 Å². The molecule has 5 nitrogen and oxygen atoms in total. The number of hydrogen-bond acceptors (Lipinski definition) is 3. The maximum Gasteiger partial charge on any atom is 0.251 e. The van der Waals surface area contributed by atoms with E-state index < -0.39 is 0 Å². The number of nitrogens with zero attached hydrogens (tertiary/aromatic N) is 2. The van der Waals surface area contributed by atoms with E-state index in [1.54, 1.807) is 30.1 Å². The predicted octanol–water partition coefficient (Wildman–Crippen LogP) is 2.03. The Morgan fingerprint density at radius 1 is 1.30 bits per heavy atom. The first-order valence-corrected chi connectivity index (χ1v) is 6.55. The van der Waals surface area contributed by atoms with Crippen LogP contribution < -0.4 is 5.32 Å². The number of carbonyl (C=O) groups is 1. The van der Waals surface area contributed by atoms with E-state index in [0.717, 1.165) is 5.69 Å². The summed E-state index contributed by atoms with van der Waals surface area (Å²) in [5.74, 6) is -0.103. The lowest BCUT2D eigenvalue weighted by molar-refractivity contribution is 0.0735. The summed E-state index contributed by atoms with van der Waals surface area (Å²) in [7, 11) is 1.63. The molecule has 0 aliphatic rings. The maximum absolute atomic E-state index is 12.1. The highest BCUT2D eigenvalue weighted by Crippen LogP contribution is 2.09. The lowest BCUT2D eigenvalue weighted by Crippen LogP contribution is -2.40. The first-order chi connectivity index (χ1) is 9.61. The first-order valence-electron chi connectivity index (χ1n) is 6.55. The van der Waals surface area contributed by atoms with Gasteiger partial charge in [0.1, 0.15) is 0 Å². The van der Waals surface area contributed by atoms with Crippen LogP contribution in [0.2, 0.25) is 0 Å². The number of methoxy groups -OCH3 is 1. The highest BCUT2D eigenvalue weighted by molar-refractivity contribution is 5.94. The van der Waals surface area contributed by atoms with Crippen LogP contribution in [0.3, 0.4) is 0 Å². The van der Waals surface area contributed by atoms with Gasteiger partial charge in [0, 0.05) is 25.1 Å². The van der Waals surface area contributed by atoms with Gasteiger partial charge in [-0.15, -0.1) is 0 Å². The second-order valence-electron chi connectivity index (χ2n) is 4.70. The van der Waals surface area contributed by atoms with E-state index >= 15 is 0 Å². The molecule has 1 amide bonds. The standard InChI is InChI=1S/C15H19N3O2/c1-11(12(2)20-3)17-15(19)13-5-7-14(8-6-13)18-10-4-9-16-18/h4-12H,1-3H3,(H,17,19)/t11-,12?/m0/s1. The van der Waals surface area contributed by atoms with Gasteiger partial charge in [-0.05, 0) is 44.2 Å². The van der Waals surface area contributed by atoms with Gasteiger partial charge in [-0.1, -0.05) is 0 Å². The van der Waals surface area contributed by atoms with Crippen molar-refractivity contribution in [2.45, 2.75) is 26.0 Å². The molecule has 0 saturated heterocycles. The van der Waals surface area contributed by atoms with Crippen molar-refractivity contribution in [3.8, 4) is 5.69 Å². The van der Waals surface area contributed by atoms with E-state index in [0.29, 0.717) is 5.56 Å². The van der Waals surface area contributed by atoms with Gasteiger partial charge in [0.15, 0.2) is 0 Å². The summed E-state index contributed by atoms with van der Waals surface area (Å²) in [5, 5.41) is 7.06. The first kappa shape index (κ1) is 14.3. The van der Waals surface area contributed by atoms with Crippen LogP contribution in [0.5, 0.6) is 0 Å². The lowest BCUT2D eigenvalue weighted by atomic mass is 10.1. The molecule has 2 atom stereocenters. The molecular weight excluding hydrogens is 254 g/mol. The third kappa shape index (κ3) is 3.24. The number of nitrogens with one attached hydrogen (secondary N) is 1. The van der Waals surface area contributed by atoms with Crippen molar-refractivity contribution in [3.05, 3.63) is 48.3 Å². The fourth-order valence-electron chi connectivity index (χ4n) is 1.80. The molecule has 1 aromatic heterocycles. The summed E-state index contributed by atoms with van der Waals surface area (Å²) in [6.45, 7) is 3.84. The topological polar surface area (TPSA) is 56.1 Å². The molecule has 0 bridgehead atoms. The Morgan fingerprint density at radius 2 is 2.00 bits per heavy atom. The Hall–Kier alpha value is -2.14. The molecular formula is C15H19N3O2. The number of aromatic nitrogens is 2. The Kier molecular flexibility index (Phi) is 4.53. The Balaban J connectivity index is 2.04. The molecule has 0 fully saturated rings. The summed E-state index contributed by atoms with van der Waals surface area (Å²) < 4.78 is 6.94. The zero-order chi connectivity index (χ0) is 14.5. The van der Waals surface area contributed by atoms with Gasteiger partial charge in [-0.2, -0.15) is 5.10 Å². The molecule has 1 N–H and O–H groups in total. The molecule has 2 rings (SSSR count). The quantitative estimate of drug-likeness (QED) is 0.906. The van der Waals surface area contributed by atoms with Crippen molar-refractivity contribution < 1.29 is 9.53 Å². The number of amides is 1. The second-order valence-corrected chi connectivity index (χ2v) is 4.70. The summed E-state index contributed by atoms with van der Waals surface area (Å²) in [6, 6.07) is 9.12. The van der Waals surface area contributed by atoms with E-state index in [1.165, 1.54) is 0 Å². The van der Waals surface area contributed by atoms with Gasteiger partial charge in [0.25, 0.3) is 5.91 Å². The number of ether oxygens (including phenoxy) is 1. The molecule has 0 aliphatic carbocycles. The lowest BCUT2D eigenvalue weighted by Gasteiger charge is -2.19. The molecule has 0 spiro atoms. The number of benzene rings is 1. The van der Waals surface area contributed by atoms with E-state index in [-0.39, 0.29) is 18.1 Å². The molecule has 0 saturated carbocycles. The highest BCUT2D eigenvalue weighted by atomic mass is 16.5. The summed E-state index contributed by atoms with van der Waals surface area (Å²) in [5.41, 5.74) is 1.54. The Morgan fingerprint density at radius 3 is 2.55 bits per heavy atom. The predicted molar refractivity (Wildman–Crippen MR) is 77.0 cm³/mol. The fourth-order valence-corrected chi connectivity index (χ4v) is 1.80. The molecule has 2 aromatic rings. The molecule has 0 radical (unpaired) electrons. The minimum Gasteiger partial charge on any atom is -0.380 e. The van der Waals surface area contributed by atoms with Gasteiger partial charge in [0.05, 0.1) is 17.8 Å². The average molecular weight is 273 g/mol. The van der Waals surface area contributed by atoms with Crippen LogP contribution in [-0.4, -0.2) is 34.9 Å². The van der Waals surface area contributed by atoms with Crippen LogP contribution in [0.15, 0.2) is 42.7 Å². The van der Waals surface area contributed by atoms with Crippen molar-refractivity contribution >= 4 is 5.91 Å². The van der Waals surface area contributed by atoms with Crippen LogP contribution in [-0.2, 0) is 4.74 Å². The van der Waals surface area contributed by atoms with Crippen molar-refractivity contribution in [2.24, 2.45) is 0 Å². The Labute approximate surface area is 118 Å². The van der Waals surface area contributed by atoms with Crippen LogP contribution >= 0.6 is 0 Å². The van der Waals surface area contributed by atoms with E-state index in [1.807, 2.05) is 38.2 Å². The minimum atomic E-state index is -0.103. The van der Waals surface area contributed by atoms with E-state index in [2.05, 4.69) is 10.4 Å². The molecule has 1 unspecified atom stereocenters. The average Bonchev–Trinajstić information content (AvgIpc) is 3.00.